The lowest BCUT2D eigenvalue weighted by Gasteiger charge is -2.07. The minimum atomic E-state index is -0.279. The Morgan fingerprint density at radius 3 is 2.85 bits per heavy atom. The number of thioether (sulfide) groups is 1. The normalized spacial score (nSPS) is 13.8. The van der Waals surface area contributed by atoms with Crippen LogP contribution in [0.2, 0.25) is 0 Å². The fourth-order valence-corrected chi connectivity index (χ4v) is 3.91. The summed E-state index contributed by atoms with van der Waals surface area (Å²) < 4.78 is 13.8. The van der Waals surface area contributed by atoms with Gasteiger partial charge in [0.05, 0.1) is 6.54 Å². The van der Waals surface area contributed by atoms with Crippen LogP contribution in [0.5, 0.6) is 0 Å². The molecule has 0 saturated carbocycles. The van der Waals surface area contributed by atoms with Gasteiger partial charge >= 0.3 is 0 Å². The Hall–Kier alpha value is -2.60. The number of aromatic amines is 1. The number of benzene rings is 2. The topological polar surface area (TPSA) is 57.2 Å². The molecule has 132 valence electrons. The quantitative estimate of drug-likeness (QED) is 0.729. The molecule has 0 spiro atoms. The highest BCUT2D eigenvalue weighted by Gasteiger charge is 2.16. The maximum atomic E-state index is 13.8. The molecule has 0 atom stereocenters. The van der Waals surface area contributed by atoms with Crippen molar-refractivity contribution >= 4 is 33.7 Å². The Bertz CT molecular complexity index is 981. The number of nitrogens with zero attached hydrogens (tertiary/aromatic N) is 1. The number of aromatic nitrogens is 1. The molecule has 1 aliphatic heterocycles. The number of H-pyrrole nitrogens is 1. The Balaban J connectivity index is 1.63. The van der Waals surface area contributed by atoms with E-state index in [-0.39, 0.29) is 11.7 Å². The van der Waals surface area contributed by atoms with Gasteiger partial charge in [-0.15, -0.1) is 0 Å². The lowest BCUT2D eigenvalue weighted by molar-refractivity contribution is -0.119. The van der Waals surface area contributed by atoms with Gasteiger partial charge in [-0.2, -0.15) is 0 Å². The van der Waals surface area contributed by atoms with E-state index in [1.54, 1.807) is 17.8 Å². The highest BCUT2D eigenvalue weighted by atomic mass is 32.2. The van der Waals surface area contributed by atoms with Crippen molar-refractivity contribution in [3.05, 3.63) is 59.9 Å². The summed E-state index contributed by atoms with van der Waals surface area (Å²) in [4.78, 5) is 19.9. The SMILES string of the molecule is O=C(CCc1c(-c2ccccc2)[nH]c2ccc(F)cc12)NC1=NCCS1. The number of aliphatic imine (C=N–C) groups is 1. The number of hydrogen-bond donors (Lipinski definition) is 2. The molecule has 1 aromatic heterocycles. The highest BCUT2D eigenvalue weighted by Crippen LogP contribution is 2.31. The minimum absolute atomic E-state index is 0.0667. The second-order valence-corrected chi connectivity index (χ2v) is 7.20. The predicted octanol–water partition coefficient (Wildman–Crippen LogP) is 4.13. The van der Waals surface area contributed by atoms with Crippen LogP contribution in [0.25, 0.3) is 22.2 Å². The Kier molecular flexibility index (Phi) is 4.75. The van der Waals surface area contributed by atoms with Crippen molar-refractivity contribution in [1.82, 2.24) is 10.3 Å². The molecule has 3 aromatic rings. The molecular weight excluding hydrogens is 349 g/mol. The smallest absolute Gasteiger partial charge is 0.226 e. The monoisotopic (exact) mass is 367 g/mol. The summed E-state index contributed by atoms with van der Waals surface area (Å²) in [6.07, 6.45) is 0.848. The summed E-state index contributed by atoms with van der Waals surface area (Å²) >= 11 is 1.56. The number of halogens is 1. The number of hydrogen-bond acceptors (Lipinski definition) is 3. The second-order valence-electron chi connectivity index (χ2n) is 6.12. The molecule has 6 heteroatoms. The highest BCUT2D eigenvalue weighted by molar-refractivity contribution is 8.14. The molecule has 0 unspecified atom stereocenters. The van der Waals surface area contributed by atoms with Crippen molar-refractivity contribution in [1.29, 1.82) is 0 Å². The van der Waals surface area contributed by atoms with Crippen LogP contribution in [0.15, 0.2) is 53.5 Å². The first-order valence-electron chi connectivity index (χ1n) is 8.53. The lowest BCUT2D eigenvalue weighted by atomic mass is 10.0. The van der Waals surface area contributed by atoms with Crippen molar-refractivity contribution in [2.45, 2.75) is 12.8 Å². The van der Waals surface area contributed by atoms with Crippen molar-refractivity contribution in [3.8, 4) is 11.3 Å². The molecule has 1 amide bonds. The molecule has 2 N–H and O–H groups in total. The third-order valence-electron chi connectivity index (χ3n) is 4.36. The summed E-state index contributed by atoms with van der Waals surface area (Å²) in [5.74, 6) is 0.566. The molecule has 0 fully saturated rings. The molecular formula is C20H18FN3OS. The van der Waals surface area contributed by atoms with E-state index in [2.05, 4.69) is 15.3 Å². The average Bonchev–Trinajstić information content (AvgIpc) is 3.28. The van der Waals surface area contributed by atoms with Gasteiger partial charge in [-0.3, -0.25) is 9.79 Å². The van der Waals surface area contributed by atoms with Gasteiger partial charge in [0.1, 0.15) is 5.82 Å². The number of aryl methyl sites for hydroxylation is 1. The van der Waals surface area contributed by atoms with E-state index in [9.17, 15) is 9.18 Å². The van der Waals surface area contributed by atoms with E-state index in [0.717, 1.165) is 40.0 Å². The summed E-state index contributed by atoms with van der Waals surface area (Å²) in [7, 11) is 0. The minimum Gasteiger partial charge on any atom is -0.354 e. The fourth-order valence-electron chi connectivity index (χ4n) is 3.16. The molecule has 0 radical (unpaired) electrons. The summed E-state index contributed by atoms with van der Waals surface area (Å²) in [6, 6.07) is 14.6. The van der Waals surface area contributed by atoms with Crippen LogP contribution < -0.4 is 5.32 Å². The average molecular weight is 367 g/mol. The number of amides is 1. The number of carbonyl (C=O) groups excluding carboxylic acids is 1. The molecule has 0 saturated heterocycles. The van der Waals surface area contributed by atoms with Crippen molar-refractivity contribution in [2.75, 3.05) is 12.3 Å². The Labute approximate surface area is 154 Å². The third-order valence-corrected chi connectivity index (χ3v) is 5.26. The molecule has 26 heavy (non-hydrogen) atoms. The largest absolute Gasteiger partial charge is 0.354 e. The standard InChI is InChI=1S/C20H18FN3OS/c21-14-6-8-17-16(12-14)15(19(23-17)13-4-2-1-3-5-13)7-9-18(25)24-20-22-10-11-26-20/h1-6,8,12,23H,7,9-11H2,(H,22,24,25). The van der Waals surface area contributed by atoms with Crippen molar-refractivity contribution in [3.63, 3.8) is 0 Å². The zero-order valence-corrected chi connectivity index (χ0v) is 14.9. The first-order chi connectivity index (χ1) is 12.7. The number of rotatable bonds is 4. The number of carbonyl (C=O) groups is 1. The van der Waals surface area contributed by atoms with Crippen LogP contribution in [-0.2, 0) is 11.2 Å². The Morgan fingerprint density at radius 1 is 1.23 bits per heavy atom. The van der Waals surface area contributed by atoms with E-state index in [1.807, 2.05) is 30.3 Å². The molecule has 2 heterocycles. The van der Waals surface area contributed by atoms with Crippen LogP contribution >= 0.6 is 11.8 Å². The zero-order chi connectivity index (χ0) is 17.9. The number of nitrogens with one attached hydrogen (secondary N) is 2. The number of fused-ring (bicyclic) bond motifs is 1. The van der Waals surface area contributed by atoms with Gasteiger partial charge in [0.15, 0.2) is 5.17 Å². The molecule has 2 aromatic carbocycles. The Morgan fingerprint density at radius 2 is 2.08 bits per heavy atom. The van der Waals surface area contributed by atoms with E-state index in [4.69, 9.17) is 0 Å². The van der Waals surface area contributed by atoms with Crippen molar-refractivity contribution < 1.29 is 9.18 Å². The zero-order valence-electron chi connectivity index (χ0n) is 14.1. The number of amidine groups is 1. The molecule has 4 rings (SSSR count). The van der Waals surface area contributed by atoms with Gasteiger partial charge in [-0.1, -0.05) is 42.1 Å². The summed E-state index contributed by atoms with van der Waals surface area (Å²) in [6.45, 7) is 0.750. The van der Waals surface area contributed by atoms with Crippen molar-refractivity contribution in [2.24, 2.45) is 4.99 Å². The molecule has 1 aliphatic rings. The van der Waals surface area contributed by atoms with Crippen LogP contribution in [0.3, 0.4) is 0 Å². The van der Waals surface area contributed by atoms with Gasteiger partial charge in [-0.05, 0) is 35.7 Å². The predicted molar refractivity (Wildman–Crippen MR) is 105 cm³/mol. The van der Waals surface area contributed by atoms with Gasteiger partial charge in [0.2, 0.25) is 5.91 Å². The van der Waals surface area contributed by atoms with Crippen LogP contribution in [0, 0.1) is 5.82 Å². The van der Waals surface area contributed by atoms with E-state index in [1.165, 1.54) is 12.1 Å². The van der Waals surface area contributed by atoms with Gasteiger partial charge in [-0.25, -0.2) is 4.39 Å². The maximum Gasteiger partial charge on any atom is 0.226 e. The van der Waals surface area contributed by atoms with E-state index >= 15 is 0 Å². The fraction of sp³-hybridized carbons (Fsp3) is 0.200. The summed E-state index contributed by atoms with van der Waals surface area (Å²) in [5, 5.41) is 4.37. The third kappa shape index (κ3) is 3.51. The van der Waals surface area contributed by atoms with Crippen LogP contribution in [0.4, 0.5) is 4.39 Å². The lowest BCUT2D eigenvalue weighted by Crippen LogP contribution is -2.27. The van der Waals surface area contributed by atoms with E-state index in [0.29, 0.717) is 18.0 Å². The molecule has 0 aliphatic carbocycles. The first-order valence-corrected chi connectivity index (χ1v) is 9.52. The summed E-state index contributed by atoms with van der Waals surface area (Å²) in [5.41, 5.74) is 3.79. The van der Waals surface area contributed by atoms with Gasteiger partial charge in [0, 0.05) is 28.8 Å². The maximum absolute atomic E-state index is 13.8. The van der Waals surface area contributed by atoms with Crippen LogP contribution in [0.1, 0.15) is 12.0 Å². The first kappa shape index (κ1) is 16.8. The van der Waals surface area contributed by atoms with Crippen LogP contribution in [-0.4, -0.2) is 28.4 Å². The van der Waals surface area contributed by atoms with Gasteiger partial charge < -0.3 is 10.3 Å². The molecule has 4 nitrogen and oxygen atoms in total. The molecule has 0 bridgehead atoms. The van der Waals surface area contributed by atoms with E-state index < -0.39 is 0 Å². The second kappa shape index (κ2) is 7.33. The van der Waals surface area contributed by atoms with Gasteiger partial charge in [0.25, 0.3) is 0 Å².